The van der Waals surface area contributed by atoms with E-state index in [-0.39, 0.29) is 5.60 Å². The minimum atomic E-state index is 0.246. The Labute approximate surface area is 121 Å². The number of nitrogens with one attached hydrogen (secondary N) is 1. The van der Waals surface area contributed by atoms with Crippen molar-refractivity contribution >= 4 is 0 Å². The second kappa shape index (κ2) is 6.59. The Morgan fingerprint density at radius 1 is 1.25 bits per heavy atom. The number of rotatable bonds is 6. The first kappa shape index (κ1) is 13.9. The van der Waals surface area contributed by atoms with Crippen LogP contribution in [0.25, 0.3) is 0 Å². The van der Waals surface area contributed by atoms with Gasteiger partial charge < -0.3 is 14.8 Å². The van der Waals surface area contributed by atoms with Gasteiger partial charge in [-0.05, 0) is 57.2 Å². The van der Waals surface area contributed by atoms with Crippen molar-refractivity contribution in [3.05, 3.63) is 30.3 Å². The van der Waals surface area contributed by atoms with Crippen LogP contribution in [0.5, 0.6) is 5.75 Å². The van der Waals surface area contributed by atoms with Crippen molar-refractivity contribution in [2.45, 2.75) is 50.2 Å². The lowest BCUT2D eigenvalue weighted by atomic mass is 9.74. The molecule has 1 N–H and O–H groups in total. The fraction of sp³-hybridized carbons (Fsp3) is 0.647. The van der Waals surface area contributed by atoms with Gasteiger partial charge in [0.15, 0.2) is 0 Å². The van der Waals surface area contributed by atoms with Gasteiger partial charge in [-0.25, -0.2) is 0 Å². The normalized spacial score (nSPS) is 24.3. The molecule has 0 radical (unpaired) electrons. The van der Waals surface area contributed by atoms with Gasteiger partial charge in [0.2, 0.25) is 0 Å². The van der Waals surface area contributed by atoms with Crippen LogP contribution >= 0.6 is 0 Å². The van der Waals surface area contributed by atoms with E-state index in [4.69, 9.17) is 9.47 Å². The summed E-state index contributed by atoms with van der Waals surface area (Å²) in [7, 11) is 0. The molecule has 0 bridgehead atoms. The Kier molecular flexibility index (Phi) is 4.58. The van der Waals surface area contributed by atoms with Crippen LogP contribution in [0.1, 0.15) is 38.5 Å². The van der Waals surface area contributed by atoms with Crippen molar-refractivity contribution in [3.63, 3.8) is 0 Å². The molecule has 1 atom stereocenters. The number of hydrogen-bond acceptors (Lipinski definition) is 3. The summed E-state index contributed by atoms with van der Waals surface area (Å²) in [6, 6.07) is 10.7. The van der Waals surface area contributed by atoms with E-state index in [1.807, 2.05) is 30.3 Å². The molecule has 1 spiro atoms. The van der Waals surface area contributed by atoms with Crippen LogP contribution in [0.15, 0.2) is 30.3 Å². The molecule has 110 valence electrons. The minimum absolute atomic E-state index is 0.246. The molecule has 3 nitrogen and oxygen atoms in total. The number of hydrogen-bond donors (Lipinski definition) is 1. The Morgan fingerprint density at radius 2 is 2.10 bits per heavy atom. The first-order chi connectivity index (χ1) is 9.86. The van der Waals surface area contributed by atoms with Crippen molar-refractivity contribution < 1.29 is 9.47 Å². The zero-order chi connectivity index (χ0) is 13.7. The molecule has 1 saturated heterocycles. The predicted molar refractivity (Wildman–Crippen MR) is 80.1 cm³/mol. The van der Waals surface area contributed by atoms with Crippen LogP contribution in [0, 0.1) is 0 Å². The summed E-state index contributed by atoms with van der Waals surface area (Å²) in [6.45, 7) is 2.75. The van der Waals surface area contributed by atoms with Gasteiger partial charge in [0.05, 0.1) is 12.2 Å². The zero-order valence-electron chi connectivity index (χ0n) is 12.1. The van der Waals surface area contributed by atoms with Crippen LogP contribution in [-0.4, -0.2) is 31.4 Å². The molecule has 1 unspecified atom stereocenters. The molecule has 1 heterocycles. The Balaban J connectivity index is 1.30. The van der Waals surface area contributed by atoms with Gasteiger partial charge in [-0.2, -0.15) is 0 Å². The third-order valence-corrected chi connectivity index (χ3v) is 4.52. The van der Waals surface area contributed by atoms with Gasteiger partial charge in [-0.1, -0.05) is 18.2 Å². The van der Waals surface area contributed by atoms with Crippen LogP contribution < -0.4 is 10.1 Å². The van der Waals surface area contributed by atoms with Crippen LogP contribution in [0.2, 0.25) is 0 Å². The lowest BCUT2D eigenvalue weighted by molar-refractivity contribution is -0.135. The van der Waals surface area contributed by atoms with Gasteiger partial charge in [0, 0.05) is 12.6 Å². The van der Waals surface area contributed by atoms with Crippen molar-refractivity contribution in [1.29, 1.82) is 0 Å². The summed E-state index contributed by atoms with van der Waals surface area (Å²) in [6.07, 6.45) is 7.29. The van der Waals surface area contributed by atoms with Gasteiger partial charge in [-0.3, -0.25) is 0 Å². The van der Waals surface area contributed by atoms with E-state index in [2.05, 4.69) is 5.32 Å². The molecule has 1 aliphatic heterocycles. The Hall–Kier alpha value is -1.06. The van der Waals surface area contributed by atoms with Gasteiger partial charge >= 0.3 is 0 Å². The highest BCUT2D eigenvalue weighted by atomic mass is 16.5. The lowest BCUT2D eigenvalue weighted by Gasteiger charge is -2.47. The molecular formula is C17H25NO2. The van der Waals surface area contributed by atoms with E-state index in [0.29, 0.717) is 6.04 Å². The van der Waals surface area contributed by atoms with Gasteiger partial charge in [-0.15, -0.1) is 0 Å². The maximum absolute atomic E-state index is 5.95. The largest absolute Gasteiger partial charge is 0.494 e. The summed E-state index contributed by atoms with van der Waals surface area (Å²) in [5.74, 6) is 0.965. The smallest absolute Gasteiger partial charge is 0.119 e. The van der Waals surface area contributed by atoms with E-state index >= 15 is 0 Å². The third kappa shape index (κ3) is 3.53. The van der Waals surface area contributed by atoms with Crippen molar-refractivity contribution in [1.82, 2.24) is 5.32 Å². The average Bonchev–Trinajstić information content (AvgIpc) is 2.47. The topological polar surface area (TPSA) is 30.5 Å². The molecule has 3 heteroatoms. The molecule has 20 heavy (non-hydrogen) atoms. The second-order valence-electron chi connectivity index (χ2n) is 6.04. The molecule has 2 aliphatic rings. The van der Waals surface area contributed by atoms with E-state index < -0.39 is 0 Å². The maximum Gasteiger partial charge on any atom is 0.119 e. The average molecular weight is 275 g/mol. The SMILES string of the molecule is c1ccc(OCCCNC2CCOC3(CCC3)C2)cc1. The molecule has 3 rings (SSSR count). The van der Waals surface area contributed by atoms with E-state index in [9.17, 15) is 0 Å². The molecule has 1 aliphatic carbocycles. The van der Waals surface area contributed by atoms with Gasteiger partial charge in [0.1, 0.15) is 5.75 Å². The molecule has 0 amide bonds. The molecule has 0 aromatic heterocycles. The molecule has 2 fully saturated rings. The molecule has 1 aromatic carbocycles. The first-order valence-electron chi connectivity index (χ1n) is 7.92. The molecule has 1 aromatic rings. The van der Waals surface area contributed by atoms with E-state index in [1.54, 1.807) is 0 Å². The van der Waals surface area contributed by atoms with Crippen LogP contribution in [0.3, 0.4) is 0 Å². The highest BCUT2D eigenvalue weighted by Crippen LogP contribution is 2.42. The monoisotopic (exact) mass is 275 g/mol. The highest BCUT2D eigenvalue weighted by Gasteiger charge is 2.42. The molecular weight excluding hydrogens is 250 g/mol. The zero-order valence-corrected chi connectivity index (χ0v) is 12.1. The summed E-state index contributed by atoms with van der Waals surface area (Å²) in [5, 5.41) is 3.67. The van der Waals surface area contributed by atoms with Crippen LogP contribution in [0.4, 0.5) is 0 Å². The Morgan fingerprint density at radius 3 is 2.85 bits per heavy atom. The van der Waals surface area contributed by atoms with Gasteiger partial charge in [0.25, 0.3) is 0 Å². The fourth-order valence-corrected chi connectivity index (χ4v) is 3.21. The van der Waals surface area contributed by atoms with E-state index in [0.717, 1.165) is 38.3 Å². The number of ether oxygens (including phenoxy) is 2. The van der Waals surface area contributed by atoms with E-state index in [1.165, 1.54) is 25.7 Å². The van der Waals surface area contributed by atoms with Crippen molar-refractivity contribution in [3.8, 4) is 5.75 Å². The number of para-hydroxylation sites is 1. The fourth-order valence-electron chi connectivity index (χ4n) is 3.21. The second-order valence-corrected chi connectivity index (χ2v) is 6.04. The lowest BCUT2D eigenvalue weighted by Crippen LogP contribution is -2.51. The highest BCUT2D eigenvalue weighted by molar-refractivity contribution is 5.20. The standard InChI is InChI=1S/C17H25NO2/c1-2-6-16(7-3-1)19-12-5-11-18-15-8-13-20-17(14-15)9-4-10-17/h1-3,6-7,15,18H,4-5,8-14H2. The minimum Gasteiger partial charge on any atom is -0.494 e. The van der Waals surface area contributed by atoms with Crippen molar-refractivity contribution in [2.75, 3.05) is 19.8 Å². The summed E-state index contributed by atoms with van der Waals surface area (Å²) in [4.78, 5) is 0. The Bertz CT molecular complexity index is 403. The number of benzene rings is 1. The predicted octanol–water partition coefficient (Wildman–Crippen LogP) is 3.15. The first-order valence-corrected chi connectivity index (χ1v) is 7.92. The van der Waals surface area contributed by atoms with Crippen LogP contribution in [-0.2, 0) is 4.74 Å². The summed E-state index contributed by atoms with van der Waals surface area (Å²) < 4.78 is 11.7. The quantitative estimate of drug-likeness (QED) is 0.809. The summed E-state index contributed by atoms with van der Waals surface area (Å²) in [5.41, 5.74) is 0.246. The summed E-state index contributed by atoms with van der Waals surface area (Å²) >= 11 is 0. The maximum atomic E-state index is 5.95. The van der Waals surface area contributed by atoms with Crippen molar-refractivity contribution in [2.24, 2.45) is 0 Å². The molecule has 1 saturated carbocycles. The third-order valence-electron chi connectivity index (χ3n) is 4.52.